The minimum Gasteiger partial charge on any atom is -0.467 e. The molecule has 0 saturated carbocycles. The number of nitrogens with two attached hydrogens (primary N) is 1. The maximum absolute atomic E-state index is 12.3. The van der Waals surface area contributed by atoms with Crippen LogP contribution in [0.3, 0.4) is 0 Å². The minimum atomic E-state index is -0.0941. The molecule has 2 heterocycles. The molecule has 5 nitrogen and oxygen atoms in total. The van der Waals surface area contributed by atoms with Crippen LogP contribution in [0.5, 0.6) is 0 Å². The maximum Gasteiger partial charge on any atom is 0.254 e. The topological polar surface area (TPSA) is 71.5 Å². The lowest BCUT2D eigenvalue weighted by molar-refractivity contribution is 0.0932. The molecule has 3 rings (SSSR count). The average Bonchev–Trinajstić information content (AvgIpc) is 3.05. The van der Waals surface area contributed by atoms with Crippen molar-refractivity contribution in [3.05, 3.63) is 54.0 Å². The van der Waals surface area contributed by atoms with Gasteiger partial charge in [0, 0.05) is 24.8 Å². The summed E-state index contributed by atoms with van der Waals surface area (Å²) in [6, 6.07) is 12.2. The lowest BCUT2D eigenvalue weighted by Gasteiger charge is -2.34. The van der Waals surface area contributed by atoms with Crippen LogP contribution in [0.2, 0.25) is 0 Å². The van der Waals surface area contributed by atoms with E-state index in [1.165, 1.54) is 12.0 Å². The molecule has 3 N–H and O–H groups in total. The highest BCUT2D eigenvalue weighted by Gasteiger charge is 2.22. The van der Waals surface area contributed by atoms with Crippen molar-refractivity contribution in [3.8, 4) is 0 Å². The number of rotatable bonds is 4. The Labute approximate surface area is 130 Å². The van der Waals surface area contributed by atoms with E-state index in [0.717, 1.165) is 25.9 Å². The number of para-hydroxylation sites is 1. The minimum absolute atomic E-state index is 0.0941. The first-order valence-corrected chi connectivity index (χ1v) is 7.64. The maximum atomic E-state index is 12.3. The summed E-state index contributed by atoms with van der Waals surface area (Å²) in [5, 5.41) is 3.09. The highest BCUT2D eigenvalue weighted by molar-refractivity contribution is 5.94. The third-order valence-electron chi connectivity index (χ3n) is 4.00. The van der Waals surface area contributed by atoms with Crippen LogP contribution in [0.1, 0.15) is 29.0 Å². The number of piperidine rings is 1. The molecule has 1 unspecified atom stereocenters. The van der Waals surface area contributed by atoms with Crippen molar-refractivity contribution in [1.82, 2.24) is 5.32 Å². The van der Waals surface area contributed by atoms with Gasteiger partial charge >= 0.3 is 0 Å². The molecule has 1 fully saturated rings. The largest absolute Gasteiger partial charge is 0.467 e. The molecule has 0 bridgehead atoms. The third-order valence-corrected chi connectivity index (χ3v) is 4.00. The van der Waals surface area contributed by atoms with Crippen LogP contribution >= 0.6 is 0 Å². The number of nitrogens with zero attached hydrogens (tertiary/aromatic N) is 1. The Hall–Kier alpha value is -2.27. The number of hydrogen-bond acceptors (Lipinski definition) is 4. The Morgan fingerprint density at radius 2 is 2.18 bits per heavy atom. The van der Waals surface area contributed by atoms with Gasteiger partial charge in [0.05, 0.1) is 12.1 Å². The third kappa shape index (κ3) is 3.31. The van der Waals surface area contributed by atoms with Crippen LogP contribution in [0.4, 0.5) is 5.69 Å². The molecular weight excluding hydrogens is 278 g/mol. The van der Waals surface area contributed by atoms with Crippen LogP contribution < -0.4 is 16.0 Å². The SMILES string of the molecule is NCc1cc(C(=O)NC2CCCN(c3ccccc3)C2)co1. The van der Waals surface area contributed by atoms with Gasteiger partial charge in [-0.2, -0.15) is 0 Å². The van der Waals surface area contributed by atoms with Gasteiger partial charge in [-0.05, 0) is 31.0 Å². The van der Waals surface area contributed by atoms with Crippen molar-refractivity contribution in [3.63, 3.8) is 0 Å². The van der Waals surface area contributed by atoms with E-state index in [-0.39, 0.29) is 11.9 Å². The van der Waals surface area contributed by atoms with Gasteiger partial charge in [-0.25, -0.2) is 0 Å². The molecule has 1 aromatic carbocycles. The van der Waals surface area contributed by atoms with Crippen LogP contribution in [0.15, 0.2) is 47.1 Å². The summed E-state index contributed by atoms with van der Waals surface area (Å²) in [6.07, 6.45) is 3.53. The molecule has 1 amide bonds. The first-order chi connectivity index (χ1) is 10.8. The first kappa shape index (κ1) is 14.7. The van der Waals surface area contributed by atoms with Crippen LogP contribution in [-0.2, 0) is 6.54 Å². The Balaban J connectivity index is 1.61. The van der Waals surface area contributed by atoms with E-state index in [9.17, 15) is 4.79 Å². The smallest absolute Gasteiger partial charge is 0.254 e. The standard InChI is InChI=1S/C17H21N3O2/c18-10-16-9-13(12-22-16)17(21)19-14-5-4-8-20(11-14)15-6-2-1-3-7-15/h1-3,6-7,9,12,14H,4-5,8,10-11,18H2,(H,19,21). The van der Waals surface area contributed by atoms with Crippen molar-refractivity contribution >= 4 is 11.6 Å². The van der Waals surface area contributed by atoms with Crippen molar-refractivity contribution < 1.29 is 9.21 Å². The molecule has 0 spiro atoms. The van der Waals surface area contributed by atoms with Crippen molar-refractivity contribution in [2.45, 2.75) is 25.4 Å². The molecular formula is C17H21N3O2. The molecule has 1 aromatic heterocycles. The predicted octanol–water partition coefficient (Wildman–Crippen LogP) is 2.14. The number of carbonyl (C=O) groups excluding carboxylic acids is 1. The molecule has 5 heteroatoms. The fourth-order valence-electron chi connectivity index (χ4n) is 2.84. The Morgan fingerprint density at radius 1 is 1.36 bits per heavy atom. The van der Waals surface area contributed by atoms with E-state index in [4.69, 9.17) is 10.2 Å². The van der Waals surface area contributed by atoms with Crippen molar-refractivity contribution in [1.29, 1.82) is 0 Å². The molecule has 116 valence electrons. The van der Waals surface area contributed by atoms with Crippen LogP contribution in [0, 0.1) is 0 Å². The van der Waals surface area contributed by atoms with Gasteiger partial charge in [-0.15, -0.1) is 0 Å². The monoisotopic (exact) mass is 299 g/mol. The molecule has 0 radical (unpaired) electrons. The second-order valence-corrected chi connectivity index (χ2v) is 5.60. The van der Waals surface area contributed by atoms with Crippen LogP contribution in [-0.4, -0.2) is 25.0 Å². The van der Waals surface area contributed by atoms with Gasteiger partial charge in [-0.1, -0.05) is 18.2 Å². The van der Waals surface area contributed by atoms with Crippen molar-refractivity contribution in [2.24, 2.45) is 5.73 Å². The zero-order valence-corrected chi connectivity index (χ0v) is 12.5. The van der Waals surface area contributed by atoms with Crippen molar-refractivity contribution in [2.75, 3.05) is 18.0 Å². The number of amides is 1. The Bertz CT molecular complexity index is 624. The normalized spacial score (nSPS) is 18.2. The molecule has 1 saturated heterocycles. The summed E-state index contributed by atoms with van der Waals surface area (Å²) >= 11 is 0. The Morgan fingerprint density at radius 3 is 2.91 bits per heavy atom. The highest BCUT2D eigenvalue weighted by atomic mass is 16.3. The summed E-state index contributed by atoms with van der Waals surface area (Å²) in [4.78, 5) is 14.6. The van der Waals surface area contributed by atoms with E-state index < -0.39 is 0 Å². The predicted molar refractivity (Wildman–Crippen MR) is 85.7 cm³/mol. The van der Waals surface area contributed by atoms with E-state index in [1.807, 2.05) is 18.2 Å². The molecule has 0 aliphatic carbocycles. The van der Waals surface area contributed by atoms with Gasteiger partial charge in [0.2, 0.25) is 0 Å². The van der Waals surface area contributed by atoms with Gasteiger partial charge in [-0.3, -0.25) is 4.79 Å². The number of carbonyl (C=O) groups is 1. The quantitative estimate of drug-likeness (QED) is 0.907. The van der Waals surface area contributed by atoms with Gasteiger partial charge in [0.15, 0.2) is 0 Å². The number of anilines is 1. The number of benzene rings is 1. The first-order valence-electron chi connectivity index (χ1n) is 7.64. The summed E-state index contributed by atoms with van der Waals surface area (Å²) in [5.74, 6) is 0.531. The van der Waals surface area contributed by atoms with E-state index in [2.05, 4.69) is 22.3 Å². The van der Waals surface area contributed by atoms with Crippen LogP contribution in [0.25, 0.3) is 0 Å². The fourth-order valence-corrected chi connectivity index (χ4v) is 2.84. The van der Waals surface area contributed by atoms with E-state index in [0.29, 0.717) is 17.9 Å². The summed E-state index contributed by atoms with van der Waals surface area (Å²) in [6.45, 7) is 2.16. The zero-order chi connectivity index (χ0) is 15.4. The fraction of sp³-hybridized carbons (Fsp3) is 0.353. The lowest BCUT2D eigenvalue weighted by atomic mass is 10.0. The Kier molecular flexibility index (Phi) is 4.44. The molecule has 22 heavy (non-hydrogen) atoms. The number of hydrogen-bond donors (Lipinski definition) is 2. The lowest BCUT2D eigenvalue weighted by Crippen LogP contribution is -2.47. The molecule has 2 aromatic rings. The molecule has 1 aliphatic heterocycles. The van der Waals surface area contributed by atoms with Gasteiger partial charge < -0.3 is 20.4 Å². The average molecular weight is 299 g/mol. The van der Waals surface area contributed by atoms with Gasteiger partial charge in [0.1, 0.15) is 12.0 Å². The summed E-state index contributed by atoms with van der Waals surface area (Å²) < 4.78 is 5.22. The summed E-state index contributed by atoms with van der Waals surface area (Å²) in [5.41, 5.74) is 7.24. The number of nitrogens with one attached hydrogen (secondary N) is 1. The molecule has 1 aliphatic rings. The second-order valence-electron chi connectivity index (χ2n) is 5.60. The summed E-state index contributed by atoms with van der Waals surface area (Å²) in [7, 11) is 0. The molecule has 1 atom stereocenters. The van der Waals surface area contributed by atoms with Gasteiger partial charge in [0.25, 0.3) is 5.91 Å². The van der Waals surface area contributed by atoms with E-state index >= 15 is 0 Å². The van der Waals surface area contributed by atoms with E-state index in [1.54, 1.807) is 6.07 Å². The highest BCUT2D eigenvalue weighted by Crippen LogP contribution is 2.19. The number of furan rings is 1. The zero-order valence-electron chi connectivity index (χ0n) is 12.5. The second kappa shape index (κ2) is 6.66.